The topological polar surface area (TPSA) is 57.7 Å². The molecular weight excluding hydrogens is 404 g/mol. The highest BCUT2D eigenvalue weighted by molar-refractivity contribution is 7.99. The number of piperazine rings is 1. The van der Waals surface area contributed by atoms with Gasteiger partial charge in [0.05, 0.1) is 10.6 Å². The molecule has 0 aromatic heterocycles. The average molecular weight is 433 g/mol. The standard InChI is InChI=1S/C22H28N2O3S2/c1-17-5-4-6-20(13-17)15-28-16-22(25)23-9-11-24(12-10-23)29(26,27)21-8-7-18(2)19(3)14-21/h4-8,13-14H,9-12,15-16H2,1-3H3. The van der Waals surface area contributed by atoms with Crippen molar-refractivity contribution in [1.29, 1.82) is 0 Å². The summed E-state index contributed by atoms with van der Waals surface area (Å²) in [5, 5.41) is 0. The van der Waals surface area contributed by atoms with E-state index in [-0.39, 0.29) is 5.91 Å². The van der Waals surface area contributed by atoms with Crippen LogP contribution < -0.4 is 0 Å². The molecule has 0 bridgehead atoms. The van der Waals surface area contributed by atoms with Crippen molar-refractivity contribution < 1.29 is 13.2 Å². The molecule has 156 valence electrons. The van der Waals surface area contributed by atoms with Crippen LogP contribution in [0.15, 0.2) is 47.4 Å². The molecule has 0 N–H and O–H groups in total. The summed E-state index contributed by atoms with van der Waals surface area (Å²) in [4.78, 5) is 14.6. The van der Waals surface area contributed by atoms with Crippen LogP contribution in [0.1, 0.15) is 22.3 Å². The van der Waals surface area contributed by atoms with Crippen molar-refractivity contribution in [2.75, 3.05) is 31.9 Å². The van der Waals surface area contributed by atoms with Crippen LogP contribution in [0.4, 0.5) is 0 Å². The quantitative estimate of drug-likeness (QED) is 0.702. The van der Waals surface area contributed by atoms with Crippen molar-refractivity contribution >= 4 is 27.7 Å². The van der Waals surface area contributed by atoms with E-state index in [1.807, 2.05) is 26.0 Å². The fourth-order valence-electron chi connectivity index (χ4n) is 3.35. The second-order valence-electron chi connectivity index (χ2n) is 7.51. The SMILES string of the molecule is Cc1cccc(CSCC(=O)N2CCN(S(=O)(=O)c3ccc(C)c(C)c3)CC2)c1. The maximum atomic E-state index is 12.9. The molecule has 0 unspecified atom stereocenters. The van der Waals surface area contributed by atoms with Crippen LogP contribution in [0.25, 0.3) is 0 Å². The van der Waals surface area contributed by atoms with E-state index in [1.165, 1.54) is 15.4 Å². The van der Waals surface area contributed by atoms with Crippen LogP contribution in [0.5, 0.6) is 0 Å². The first-order valence-corrected chi connectivity index (χ1v) is 12.4. The molecule has 5 nitrogen and oxygen atoms in total. The molecule has 2 aromatic rings. The summed E-state index contributed by atoms with van der Waals surface area (Å²) in [5.74, 6) is 1.29. The second kappa shape index (κ2) is 9.32. The molecular formula is C22H28N2O3S2. The predicted molar refractivity (Wildman–Crippen MR) is 119 cm³/mol. The van der Waals surface area contributed by atoms with E-state index >= 15 is 0 Å². The lowest BCUT2D eigenvalue weighted by molar-refractivity contribution is -0.129. The maximum Gasteiger partial charge on any atom is 0.243 e. The molecule has 1 fully saturated rings. The molecule has 0 saturated carbocycles. The Balaban J connectivity index is 1.51. The predicted octanol–water partition coefficient (Wildman–Crippen LogP) is 3.38. The molecule has 1 saturated heterocycles. The van der Waals surface area contributed by atoms with Crippen LogP contribution in [-0.2, 0) is 20.6 Å². The smallest absolute Gasteiger partial charge is 0.243 e. The van der Waals surface area contributed by atoms with E-state index in [1.54, 1.807) is 28.8 Å². The van der Waals surface area contributed by atoms with E-state index in [9.17, 15) is 13.2 Å². The summed E-state index contributed by atoms with van der Waals surface area (Å²) in [6.07, 6.45) is 0. The van der Waals surface area contributed by atoms with E-state index in [0.717, 1.165) is 16.9 Å². The molecule has 0 atom stereocenters. The zero-order chi connectivity index (χ0) is 21.0. The Morgan fingerprint density at radius 2 is 1.69 bits per heavy atom. The lowest BCUT2D eigenvalue weighted by Crippen LogP contribution is -2.51. The molecule has 1 heterocycles. The molecule has 1 aliphatic rings. The summed E-state index contributed by atoms with van der Waals surface area (Å²) in [5.41, 5.74) is 4.47. The molecule has 2 aromatic carbocycles. The van der Waals surface area contributed by atoms with Gasteiger partial charge in [-0.1, -0.05) is 35.9 Å². The minimum absolute atomic E-state index is 0.0749. The minimum Gasteiger partial charge on any atom is -0.339 e. The number of rotatable bonds is 6. The fourth-order valence-corrected chi connectivity index (χ4v) is 5.73. The van der Waals surface area contributed by atoms with Crippen LogP contribution in [0.3, 0.4) is 0 Å². The monoisotopic (exact) mass is 432 g/mol. The Labute approximate surface area is 178 Å². The number of hydrogen-bond donors (Lipinski definition) is 0. The van der Waals surface area contributed by atoms with Crippen LogP contribution in [-0.4, -0.2) is 55.5 Å². The van der Waals surface area contributed by atoms with Crippen molar-refractivity contribution in [3.8, 4) is 0 Å². The Morgan fingerprint density at radius 3 is 2.34 bits per heavy atom. The van der Waals surface area contributed by atoms with Gasteiger partial charge < -0.3 is 4.90 Å². The summed E-state index contributed by atoms with van der Waals surface area (Å²) >= 11 is 1.60. The number of hydrogen-bond acceptors (Lipinski definition) is 4. The lowest BCUT2D eigenvalue weighted by Gasteiger charge is -2.34. The second-order valence-corrected chi connectivity index (χ2v) is 10.4. The van der Waals surface area contributed by atoms with Gasteiger partial charge in [-0.25, -0.2) is 8.42 Å². The van der Waals surface area contributed by atoms with Crippen molar-refractivity contribution in [1.82, 2.24) is 9.21 Å². The molecule has 1 amide bonds. The molecule has 29 heavy (non-hydrogen) atoms. The van der Waals surface area contributed by atoms with E-state index in [2.05, 4.69) is 25.1 Å². The maximum absolute atomic E-state index is 12.9. The summed E-state index contributed by atoms with van der Waals surface area (Å²) in [7, 11) is -3.52. The Hall–Kier alpha value is -1.83. The van der Waals surface area contributed by atoms with Crippen molar-refractivity contribution in [2.24, 2.45) is 0 Å². The van der Waals surface area contributed by atoms with Gasteiger partial charge in [-0.2, -0.15) is 4.31 Å². The van der Waals surface area contributed by atoms with Gasteiger partial charge in [0.25, 0.3) is 0 Å². The van der Waals surface area contributed by atoms with Crippen LogP contribution in [0, 0.1) is 20.8 Å². The van der Waals surface area contributed by atoms with Gasteiger partial charge >= 0.3 is 0 Å². The number of aryl methyl sites for hydroxylation is 3. The first kappa shape index (κ1) is 21.9. The minimum atomic E-state index is -3.52. The normalized spacial score (nSPS) is 15.5. The number of thioether (sulfide) groups is 1. The van der Waals surface area contributed by atoms with Crippen molar-refractivity contribution in [3.05, 3.63) is 64.7 Å². The summed E-state index contributed by atoms with van der Waals surface area (Å²) in [6.45, 7) is 7.49. The summed E-state index contributed by atoms with van der Waals surface area (Å²) < 4.78 is 27.3. The number of sulfonamides is 1. The lowest BCUT2D eigenvalue weighted by atomic mass is 10.1. The molecule has 0 spiro atoms. The van der Waals surface area contributed by atoms with E-state index < -0.39 is 10.0 Å². The van der Waals surface area contributed by atoms with Gasteiger partial charge in [-0.15, -0.1) is 11.8 Å². The first-order valence-electron chi connectivity index (χ1n) is 9.76. The van der Waals surface area contributed by atoms with E-state index in [4.69, 9.17) is 0 Å². The first-order chi connectivity index (χ1) is 13.8. The molecule has 1 aliphatic heterocycles. The van der Waals surface area contributed by atoms with Gasteiger partial charge in [0.1, 0.15) is 0 Å². The zero-order valence-corrected chi connectivity index (χ0v) is 18.9. The highest BCUT2D eigenvalue weighted by Gasteiger charge is 2.30. The summed E-state index contributed by atoms with van der Waals surface area (Å²) in [6, 6.07) is 13.5. The third-order valence-corrected chi connectivity index (χ3v) is 8.17. The number of amides is 1. The number of benzene rings is 2. The molecule has 0 aliphatic carbocycles. The van der Waals surface area contributed by atoms with Crippen LogP contribution in [0.2, 0.25) is 0 Å². The zero-order valence-electron chi connectivity index (χ0n) is 17.2. The highest BCUT2D eigenvalue weighted by atomic mass is 32.2. The number of carbonyl (C=O) groups excluding carboxylic acids is 1. The molecule has 0 radical (unpaired) electrons. The largest absolute Gasteiger partial charge is 0.339 e. The Morgan fingerprint density at radius 1 is 0.966 bits per heavy atom. The van der Waals surface area contributed by atoms with Gasteiger partial charge in [-0.05, 0) is 49.6 Å². The Bertz CT molecular complexity index is 981. The average Bonchev–Trinajstić information content (AvgIpc) is 2.70. The number of carbonyl (C=O) groups is 1. The van der Waals surface area contributed by atoms with Crippen molar-refractivity contribution in [2.45, 2.75) is 31.4 Å². The van der Waals surface area contributed by atoms with E-state index in [0.29, 0.717) is 36.8 Å². The van der Waals surface area contributed by atoms with Crippen molar-refractivity contribution in [3.63, 3.8) is 0 Å². The number of nitrogens with zero attached hydrogens (tertiary/aromatic N) is 2. The Kier molecular flexibility index (Phi) is 7.03. The molecule has 3 rings (SSSR count). The molecule has 7 heteroatoms. The van der Waals surface area contributed by atoms with Gasteiger partial charge in [0.15, 0.2) is 0 Å². The van der Waals surface area contributed by atoms with Crippen LogP contribution >= 0.6 is 11.8 Å². The highest BCUT2D eigenvalue weighted by Crippen LogP contribution is 2.21. The van der Waals surface area contributed by atoms with Gasteiger partial charge in [-0.3, -0.25) is 4.79 Å². The third kappa shape index (κ3) is 5.41. The van der Waals surface area contributed by atoms with Gasteiger partial charge in [0.2, 0.25) is 15.9 Å². The fraction of sp³-hybridized carbons (Fsp3) is 0.409. The third-order valence-electron chi connectivity index (χ3n) is 5.28. The van der Waals surface area contributed by atoms with Gasteiger partial charge in [0, 0.05) is 31.9 Å².